The number of nitrogens with zero attached hydrogens (tertiary/aromatic N) is 1. The minimum absolute atomic E-state index is 0.0412. The van der Waals surface area contributed by atoms with Gasteiger partial charge in [-0.25, -0.2) is 4.79 Å². The molecule has 112 valence electrons. The molecule has 0 aliphatic carbocycles. The van der Waals surface area contributed by atoms with Gasteiger partial charge in [-0.2, -0.15) is 0 Å². The Labute approximate surface area is 114 Å². The maximum Gasteiger partial charge on any atom is 0.317 e. The van der Waals surface area contributed by atoms with Crippen molar-refractivity contribution in [2.75, 3.05) is 19.7 Å². The molecule has 0 aliphatic rings. The van der Waals surface area contributed by atoms with E-state index in [1.165, 1.54) is 4.90 Å². The number of hydrogen-bond donors (Lipinski definition) is 3. The van der Waals surface area contributed by atoms with E-state index in [9.17, 15) is 9.59 Å². The lowest BCUT2D eigenvalue weighted by molar-refractivity contribution is -0.142. The Bertz CT molecular complexity index is 292. The number of hydrogen-bond acceptors (Lipinski definition) is 3. The van der Waals surface area contributed by atoms with Crippen molar-refractivity contribution >= 4 is 12.0 Å². The van der Waals surface area contributed by atoms with Gasteiger partial charge in [-0.1, -0.05) is 13.8 Å². The highest BCUT2D eigenvalue weighted by molar-refractivity contribution is 5.76. The van der Waals surface area contributed by atoms with E-state index < -0.39 is 11.9 Å². The van der Waals surface area contributed by atoms with Gasteiger partial charge in [0, 0.05) is 19.1 Å². The van der Waals surface area contributed by atoms with Gasteiger partial charge in [0.2, 0.25) is 0 Å². The van der Waals surface area contributed by atoms with E-state index in [0.717, 1.165) is 0 Å². The molecule has 0 spiro atoms. The van der Waals surface area contributed by atoms with Crippen molar-refractivity contribution in [2.45, 2.75) is 40.2 Å². The Hall–Kier alpha value is -1.30. The number of aliphatic hydroxyl groups is 1. The Kier molecular flexibility index (Phi) is 8.14. The Morgan fingerprint density at radius 2 is 1.79 bits per heavy atom. The molecule has 19 heavy (non-hydrogen) atoms. The highest BCUT2D eigenvalue weighted by atomic mass is 16.4. The molecule has 0 bridgehead atoms. The molecule has 0 heterocycles. The molecular formula is C13H26N2O4. The summed E-state index contributed by atoms with van der Waals surface area (Å²) >= 11 is 0. The fourth-order valence-corrected chi connectivity index (χ4v) is 1.85. The Morgan fingerprint density at radius 1 is 1.21 bits per heavy atom. The Morgan fingerprint density at radius 3 is 2.16 bits per heavy atom. The molecule has 0 aromatic rings. The van der Waals surface area contributed by atoms with Crippen molar-refractivity contribution in [3.63, 3.8) is 0 Å². The first kappa shape index (κ1) is 17.7. The van der Waals surface area contributed by atoms with Gasteiger partial charge in [0.05, 0.1) is 12.5 Å². The second-order valence-electron chi connectivity index (χ2n) is 5.36. The molecular weight excluding hydrogens is 248 g/mol. The maximum absolute atomic E-state index is 11.9. The van der Waals surface area contributed by atoms with Crippen LogP contribution in [0, 0.1) is 11.8 Å². The van der Waals surface area contributed by atoms with Gasteiger partial charge in [-0.3, -0.25) is 4.79 Å². The van der Waals surface area contributed by atoms with E-state index >= 15 is 0 Å². The van der Waals surface area contributed by atoms with Crippen LogP contribution in [-0.4, -0.2) is 52.9 Å². The summed E-state index contributed by atoms with van der Waals surface area (Å²) in [5.41, 5.74) is 0. The molecule has 0 aromatic carbocycles. The smallest absolute Gasteiger partial charge is 0.317 e. The quantitative estimate of drug-likeness (QED) is 0.619. The molecule has 0 fully saturated rings. The first-order chi connectivity index (χ1) is 8.79. The van der Waals surface area contributed by atoms with Crippen molar-refractivity contribution in [3.8, 4) is 0 Å². The number of carboxylic acid groups (broad SMARTS) is 1. The molecule has 0 saturated carbocycles. The fraction of sp³-hybridized carbons (Fsp3) is 0.846. The summed E-state index contributed by atoms with van der Waals surface area (Å²) in [4.78, 5) is 24.5. The highest BCUT2D eigenvalue weighted by Crippen LogP contribution is 2.11. The van der Waals surface area contributed by atoms with Gasteiger partial charge in [-0.05, 0) is 26.2 Å². The molecule has 3 N–H and O–H groups in total. The van der Waals surface area contributed by atoms with Crippen LogP contribution in [0.2, 0.25) is 0 Å². The normalized spacial score (nSPS) is 12.6. The first-order valence-corrected chi connectivity index (χ1v) is 6.67. The summed E-state index contributed by atoms with van der Waals surface area (Å²) in [6, 6.07) is -0.375. The third-order valence-corrected chi connectivity index (χ3v) is 2.83. The predicted octanol–water partition coefficient (Wildman–Crippen LogP) is 1.15. The van der Waals surface area contributed by atoms with Crippen LogP contribution in [0.1, 0.15) is 34.1 Å². The summed E-state index contributed by atoms with van der Waals surface area (Å²) in [6.07, 6.45) is 0.525. The number of urea groups is 1. The molecule has 0 aliphatic heterocycles. The third kappa shape index (κ3) is 7.00. The number of carbonyl (C=O) groups is 2. The largest absolute Gasteiger partial charge is 0.481 e. The number of aliphatic carboxylic acids is 1. The summed E-state index contributed by atoms with van der Waals surface area (Å²) in [5, 5.41) is 20.6. The van der Waals surface area contributed by atoms with Gasteiger partial charge in [0.25, 0.3) is 0 Å². The molecule has 0 rings (SSSR count). The number of rotatable bonds is 8. The fourth-order valence-electron chi connectivity index (χ4n) is 1.85. The van der Waals surface area contributed by atoms with E-state index in [1.54, 1.807) is 0 Å². The number of carbonyl (C=O) groups excluding carboxylic acids is 1. The van der Waals surface area contributed by atoms with Crippen molar-refractivity contribution in [2.24, 2.45) is 11.8 Å². The minimum Gasteiger partial charge on any atom is -0.481 e. The van der Waals surface area contributed by atoms with Gasteiger partial charge < -0.3 is 20.4 Å². The Balaban J connectivity index is 4.41. The SMILES string of the molecule is CC(C)CC(CNC(=O)N(CCO)C(C)C)C(=O)O. The van der Waals surface area contributed by atoms with Crippen molar-refractivity contribution in [3.05, 3.63) is 0 Å². The zero-order valence-corrected chi connectivity index (χ0v) is 12.2. The van der Waals surface area contributed by atoms with Crippen LogP contribution in [0.4, 0.5) is 4.79 Å². The molecule has 0 saturated heterocycles. The van der Waals surface area contributed by atoms with Gasteiger partial charge in [0.15, 0.2) is 0 Å². The van der Waals surface area contributed by atoms with Gasteiger partial charge >= 0.3 is 12.0 Å². The maximum atomic E-state index is 11.9. The zero-order chi connectivity index (χ0) is 15.0. The van der Waals surface area contributed by atoms with E-state index in [4.69, 9.17) is 10.2 Å². The van der Waals surface area contributed by atoms with Crippen LogP contribution in [-0.2, 0) is 4.79 Å². The zero-order valence-electron chi connectivity index (χ0n) is 12.2. The van der Waals surface area contributed by atoms with Crippen molar-refractivity contribution in [1.29, 1.82) is 0 Å². The molecule has 6 heteroatoms. The monoisotopic (exact) mass is 274 g/mol. The number of amides is 2. The summed E-state index contributed by atoms with van der Waals surface area (Å²) in [7, 11) is 0. The summed E-state index contributed by atoms with van der Waals surface area (Å²) < 4.78 is 0. The van der Waals surface area contributed by atoms with Gasteiger partial charge in [-0.15, -0.1) is 0 Å². The van der Waals surface area contributed by atoms with Crippen molar-refractivity contribution < 1.29 is 19.8 Å². The molecule has 0 aromatic heterocycles. The van der Waals surface area contributed by atoms with E-state index in [2.05, 4.69) is 5.32 Å². The second kappa shape index (κ2) is 8.74. The van der Waals surface area contributed by atoms with Crippen LogP contribution >= 0.6 is 0 Å². The summed E-state index contributed by atoms with van der Waals surface area (Å²) in [5.74, 6) is -1.21. The van der Waals surface area contributed by atoms with Crippen LogP contribution in [0.5, 0.6) is 0 Å². The average molecular weight is 274 g/mol. The van der Waals surface area contributed by atoms with Crippen LogP contribution < -0.4 is 5.32 Å². The van der Waals surface area contributed by atoms with Crippen LogP contribution in [0.3, 0.4) is 0 Å². The third-order valence-electron chi connectivity index (χ3n) is 2.83. The number of nitrogens with one attached hydrogen (secondary N) is 1. The second-order valence-corrected chi connectivity index (χ2v) is 5.36. The van der Waals surface area contributed by atoms with Crippen LogP contribution in [0.25, 0.3) is 0 Å². The van der Waals surface area contributed by atoms with E-state index in [0.29, 0.717) is 6.42 Å². The lowest BCUT2D eigenvalue weighted by Crippen LogP contribution is -2.47. The highest BCUT2D eigenvalue weighted by Gasteiger charge is 2.22. The molecule has 2 amide bonds. The lowest BCUT2D eigenvalue weighted by atomic mass is 9.97. The van der Waals surface area contributed by atoms with E-state index in [1.807, 2.05) is 27.7 Å². The topological polar surface area (TPSA) is 89.9 Å². The molecule has 0 radical (unpaired) electrons. The van der Waals surface area contributed by atoms with Crippen molar-refractivity contribution in [1.82, 2.24) is 10.2 Å². The average Bonchev–Trinajstić information content (AvgIpc) is 2.29. The van der Waals surface area contributed by atoms with Gasteiger partial charge in [0.1, 0.15) is 0 Å². The predicted molar refractivity (Wildman–Crippen MR) is 72.9 cm³/mol. The summed E-state index contributed by atoms with van der Waals surface area (Å²) in [6.45, 7) is 7.83. The molecule has 1 atom stereocenters. The standard InChI is InChI=1S/C13H26N2O4/c1-9(2)7-11(12(17)18)8-14-13(19)15(5-6-16)10(3)4/h9-11,16H,5-8H2,1-4H3,(H,14,19)(H,17,18). The lowest BCUT2D eigenvalue weighted by Gasteiger charge is -2.27. The van der Waals surface area contributed by atoms with Crippen LogP contribution in [0.15, 0.2) is 0 Å². The number of aliphatic hydroxyl groups excluding tert-OH is 1. The van der Waals surface area contributed by atoms with E-state index in [-0.39, 0.29) is 37.7 Å². The minimum atomic E-state index is -0.896. The number of carboxylic acids is 1. The first-order valence-electron chi connectivity index (χ1n) is 6.67. The molecule has 1 unspecified atom stereocenters. The molecule has 6 nitrogen and oxygen atoms in total.